The molecule has 0 saturated carbocycles. The van der Waals surface area contributed by atoms with Crippen molar-refractivity contribution in [1.82, 2.24) is 4.90 Å². The molecule has 0 aromatic carbocycles. The predicted molar refractivity (Wildman–Crippen MR) is 103 cm³/mol. The van der Waals surface area contributed by atoms with Gasteiger partial charge in [-0.1, -0.05) is 84.5 Å². The minimum Gasteiger partial charge on any atom is -0.300 e. The zero-order valence-corrected chi connectivity index (χ0v) is 16.1. The average Bonchev–Trinajstić information content (AvgIpc) is 2.61. The van der Waals surface area contributed by atoms with Crippen molar-refractivity contribution in [2.75, 3.05) is 13.1 Å². The van der Waals surface area contributed by atoms with E-state index in [0.29, 0.717) is 0 Å². The van der Waals surface area contributed by atoms with Gasteiger partial charge in [0.05, 0.1) is 0 Å². The summed E-state index contributed by atoms with van der Waals surface area (Å²) >= 11 is 0. The van der Waals surface area contributed by atoms with E-state index in [9.17, 15) is 0 Å². The summed E-state index contributed by atoms with van der Waals surface area (Å²) in [6.07, 6.45) is 21.7. The first-order valence-electron chi connectivity index (χ1n) is 10.4. The molecule has 0 N–H and O–H groups in total. The molecule has 1 rings (SSSR count). The highest BCUT2D eigenvalue weighted by molar-refractivity contribution is 4.76. The number of nitrogens with zero attached hydrogens (tertiary/aromatic N) is 2. The summed E-state index contributed by atoms with van der Waals surface area (Å²) in [6.45, 7) is 10.9. The minimum absolute atomic E-state index is 0.924. The van der Waals surface area contributed by atoms with E-state index in [1.54, 1.807) is 0 Å². The molecule has 2 nitrogen and oxygen atoms in total. The Kier molecular flexibility index (Phi) is 17.4. The van der Waals surface area contributed by atoms with Crippen LogP contribution in [0.2, 0.25) is 0 Å². The van der Waals surface area contributed by atoms with Gasteiger partial charge in [-0.15, -0.1) is 0 Å². The molecule has 1 atom stereocenters. The molecule has 1 aliphatic rings. The van der Waals surface area contributed by atoms with Crippen LogP contribution in [-0.4, -0.2) is 24.0 Å². The fraction of sp³-hybridized carbons (Fsp3) is 0.952. The summed E-state index contributed by atoms with van der Waals surface area (Å²) in [6, 6.07) is 0.924. The first-order chi connectivity index (χ1) is 11.4. The lowest BCUT2D eigenvalue weighted by Gasteiger charge is -2.36. The van der Waals surface area contributed by atoms with E-state index in [1.807, 2.05) is 0 Å². The van der Waals surface area contributed by atoms with Crippen LogP contribution in [0.3, 0.4) is 0 Å². The van der Waals surface area contributed by atoms with Gasteiger partial charge in [-0.2, -0.15) is 0 Å². The smallest absolute Gasteiger partial charge is 0.0462 e. The molecule has 0 radical (unpaired) electrons. The second kappa shape index (κ2) is 17.8. The number of hydrogen-bond donors (Lipinski definition) is 0. The lowest BCUT2D eigenvalue weighted by atomic mass is 9.97. The molecule has 1 heterocycles. The quantitative estimate of drug-likeness (QED) is 0.353. The Labute approximate surface area is 146 Å². The van der Waals surface area contributed by atoms with Crippen LogP contribution >= 0.6 is 0 Å². The normalized spacial score (nSPS) is 18.3. The lowest BCUT2D eigenvalue weighted by molar-refractivity contribution is 0.135. The molecule has 0 amide bonds. The summed E-state index contributed by atoms with van der Waals surface area (Å²) in [7, 11) is 0. The van der Waals surface area contributed by atoms with Crippen molar-refractivity contribution in [3.8, 4) is 6.57 Å². The van der Waals surface area contributed by atoms with Crippen molar-refractivity contribution >= 4 is 0 Å². The third-order valence-corrected chi connectivity index (χ3v) is 5.19. The van der Waals surface area contributed by atoms with E-state index in [0.717, 1.165) is 6.04 Å². The minimum atomic E-state index is 0.924. The van der Waals surface area contributed by atoms with E-state index in [1.165, 1.54) is 109 Å². The molecule has 1 fully saturated rings. The monoisotopic (exact) mass is 322 g/mol. The van der Waals surface area contributed by atoms with Gasteiger partial charge in [0, 0.05) is 12.6 Å². The van der Waals surface area contributed by atoms with Crippen molar-refractivity contribution in [2.24, 2.45) is 0 Å². The molecule has 23 heavy (non-hydrogen) atoms. The van der Waals surface area contributed by atoms with Gasteiger partial charge in [0.1, 0.15) is 0 Å². The van der Waals surface area contributed by atoms with Gasteiger partial charge < -0.3 is 4.90 Å². The summed E-state index contributed by atoms with van der Waals surface area (Å²) in [5, 5.41) is 6.50. The zero-order chi connectivity index (χ0) is 17.2. The predicted octanol–water partition coefficient (Wildman–Crippen LogP) is 6.70. The van der Waals surface area contributed by atoms with Crippen LogP contribution in [0.1, 0.15) is 110 Å². The topological polar surface area (TPSA) is 27.0 Å². The first-order valence-corrected chi connectivity index (χ1v) is 10.4. The SMILES string of the molecule is C#N.CCCCCCCCCCCN1CCCCC1CCCC. The number of piperidine rings is 1. The zero-order valence-electron chi connectivity index (χ0n) is 16.1. The van der Waals surface area contributed by atoms with Crippen molar-refractivity contribution < 1.29 is 0 Å². The summed E-state index contributed by atoms with van der Waals surface area (Å²) in [5.74, 6) is 0. The number of unbranched alkanes of at least 4 members (excludes halogenated alkanes) is 9. The first kappa shape index (κ1) is 22.4. The van der Waals surface area contributed by atoms with E-state index in [2.05, 4.69) is 25.3 Å². The van der Waals surface area contributed by atoms with Crippen molar-refractivity contribution in [3.63, 3.8) is 0 Å². The number of rotatable bonds is 13. The molecule has 136 valence electrons. The maximum absolute atomic E-state index is 6.50. The maximum atomic E-state index is 6.50. The number of likely N-dealkylation sites (tertiary alicyclic amines) is 1. The highest BCUT2D eigenvalue weighted by atomic mass is 15.2. The van der Waals surface area contributed by atoms with Crippen molar-refractivity contribution in [1.29, 1.82) is 5.26 Å². The Balaban J connectivity index is 0.00000232. The summed E-state index contributed by atoms with van der Waals surface area (Å²) in [5.41, 5.74) is 0. The molecule has 0 spiro atoms. The van der Waals surface area contributed by atoms with Gasteiger partial charge in [-0.3, -0.25) is 0 Å². The molecule has 1 unspecified atom stereocenters. The Hall–Kier alpha value is -0.550. The molecule has 2 heteroatoms. The van der Waals surface area contributed by atoms with Crippen LogP contribution in [-0.2, 0) is 0 Å². The van der Waals surface area contributed by atoms with Gasteiger partial charge in [-0.25, -0.2) is 5.26 Å². The van der Waals surface area contributed by atoms with Gasteiger partial charge >= 0.3 is 0 Å². The summed E-state index contributed by atoms with van der Waals surface area (Å²) in [4.78, 5) is 2.82. The van der Waals surface area contributed by atoms with Gasteiger partial charge in [0.15, 0.2) is 0 Å². The third kappa shape index (κ3) is 12.5. The summed E-state index contributed by atoms with van der Waals surface area (Å²) < 4.78 is 0. The Morgan fingerprint density at radius 2 is 1.35 bits per heavy atom. The van der Waals surface area contributed by atoms with Gasteiger partial charge in [0.25, 0.3) is 0 Å². The second-order valence-corrected chi connectivity index (χ2v) is 7.16. The van der Waals surface area contributed by atoms with E-state index >= 15 is 0 Å². The van der Waals surface area contributed by atoms with Crippen LogP contribution in [0.25, 0.3) is 0 Å². The molecule has 0 aromatic rings. The largest absolute Gasteiger partial charge is 0.300 e. The third-order valence-electron chi connectivity index (χ3n) is 5.19. The van der Waals surface area contributed by atoms with Crippen LogP contribution in [0.4, 0.5) is 0 Å². The number of nitriles is 1. The molecule has 0 aliphatic carbocycles. The Morgan fingerprint density at radius 3 is 1.96 bits per heavy atom. The molecular weight excluding hydrogens is 280 g/mol. The standard InChI is InChI=1S/C20H41N.CHN/c1-3-5-7-8-9-10-11-12-14-18-21-19-15-13-17-20(21)16-6-4-2;1-2/h20H,3-19H2,1-2H3;1H. The molecule has 1 saturated heterocycles. The Morgan fingerprint density at radius 1 is 0.783 bits per heavy atom. The maximum Gasteiger partial charge on any atom is 0.0462 e. The fourth-order valence-corrected chi connectivity index (χ4v) is 3.75. The fourth-order valence-electron chi connectivity index (χ4n) is 3.75. The van der Waals surface area contributed by atoms with Crippen LogP contribution in [0.15, 0.2) is 0 Å². The molecule has 1 aliphatic heterocycles. The van der Waals surface area contributed by atoms with Crippen molar-refractivity contribution in [2.45, 2.75) is 116 Å². The molecular formula is C21H42N2. The highest BCUT2D eigenvalue weighted by Crippen LogP contribution is 2.22. The van der Waals surface area contributed by atoms with Crippen LogP contribution in [0, 0.1) is 11.8 Å². The molecule has 0 aromatic heterocycles. The van der Waals surface area contributed by atoms with Gasteiger partial charge in [0.2, 0.25) is 0 Å². The van der Waals surface area contributed by atoms with Crippen LogP contribution in [0.5, 0.6) is 0 Å². The second-order valence-electron chi connectivity index (χ2n) is 7.16. The Bertz CT molecular complexity index is 249. The van der Waals surface area contributed by atoms with Crippen LogP contribution < -0.4 is 0 Å². The number of hydrogen-bond acceptors (Lipinski definition) is 2. The van der Waals surface area contributed by atoms with Crippen molar-refractivity contribution in [3.05, 3.63) is 0 Å². The average molecular weight is 323 g/mol. The van der Waals surface area contributed by atoms with E-state index < -0.39 is 0 Å². The van der Waals surface area contributed by atoms with E-state index in [-0.39, 0.29) is 0 Å². The molecule has 0 bridgehead atoms. The highest BCUT2D eigenvalue weighted by Gasteiger charge is 2.20. The van der Waals surface area contributed by atoms with E-state index in [4.69, 9.17) is 5.26 Å². The van der Waals surface area contributed by atoms with Gasteiger partial charge in [-0.05, 0) is 38.8 Å². The lowest BCUT2D eigenvalue weighted by Crippen LogP contribution is -2.40.